The van der Waals surface area contributed by atoms with E-state index in [1.165, 1.54) is 6.33 Å². The number of benzene rings is 1. The number of alkyl halides is 2. The highest BCUT2D eigenvalue weighted by atomic mass is 19.3. The van der Waals surface area contributed by atoms with Gasteiger partial charge < -0.3 is 10.6 Å². The molecule has 0 spiro atoms. The number of hydrogen-bond donors (Lipinski definition) is 2. The van der Waals surface area contributed by atoms with Gasteiger partial charge in [-0.2, -0.15) is 0 Å². The highest BCUT2D eigenvalue weighted by Crippen LogP contribution is 2.16. The number of nitrogens with zero attached hydrogens (tertiary/aromatic N) is 5. The molecule has 0 saturated carbocycles. The second-order valence-corrected chi connectivity index (χ2v) is 5.18. The van der Waals surface area contributed by atoms with Crippen LogP contribution in [0.25, 0.3) is 11.2 Å². The van der Waals surface area contributed by atoms with Gasteiger partial charge in [-0.25, -0.2) is 23.4 Å². The number of aromatic nitrogens is 5. The second kappa shape index (κ2) is 7.60. The van der Waals surface area contributed by atoms with E-state index in [0.29, 0.717) is 23.5 Å². The van der Waals surface area contributed by atoms with Crippen LogP contribution in [0.2, 0.25) is 0 Å². The molecule has 3 aromatic rings. The molecule has 25 heavy (non-hydrogen) atoms. The van der Waals surface area contributed by atoms with Crippen LogP contribution >= 0.6 is 0 Å². The number of carbonyl (C=O) groups excluding carboxylic acids is 1. The van der Waals surface area contributed by atoms with Crippen LogP contribution in [0.4, 0.5) is 14.6 Å². The molecular formula is C15H15F2N7O. The van der Waals surface area contributed by atoms with Gasteiger partial charge in [-0.3, -0.25) is 4.79 Å². The average molecular weight is 347 g/mol. The maximum absolute atomic E-state index is 12.1. The number of carbonyl (C=O) groups is 1. The number of anilines is 1. The number of halogens is 2. The van der Waals surface area contributed by atoms with Gasteiger partial charge in [-0.1, -0.05) is 35.5 Å². The molecule has 2 heterocycles. The highest BCUT2D eigenvalue weighted by Gasteiger charge is 2.13. The first kappa shape index (κ1) is 16.7. The summed E-state index contributed by atoms with van der Waals surface area (Å²) in [6.45, 7) is -0.403. The van der Waals surface area contributed by atoms with Gasteiger partial charge in [0, 0.05) is 0 Å². The van der Waals surface area contributed by atoms with Crippen molar-refractivity contribution in [1.82, 2.24) is 30.3 Å². The summed E-state index contributed by atoms with van der Waals surface area (Å²) in [5, 5.41) is 13.0. The van der Waals surface area contributed by atoms with Gasteiger partial charge in [0.25, 0.3) is 6.43 Å². The standard InChI is InChI=1S/C15H15F2N7O/c16-11(17)6-18-12(25)7-19-14-13-15(21-9-20-14)24(23-22-13)8-10-4-2-1-3-5-10/h1-5,9,11H,6-8H2,(H,18,25)(H,19,20,21). The van der Waals surface area contributed by atoms with Gasteiger partial charge in [0.1, 0.15) is 6.33 Å². The van der Waals surface area contributed by atoms with Crippen LogP contribution in [0.1, 0.15) is 5.56 Å². The summed E-state index contributed by atoms with van der Waals surface area (Å²) in [4.78, 5) is 19.7. The van der Waals surface area contributed by atoms with Crippen molar-refractivity contribution in [1.29, 1.82) is 0 Å². The molecule has 0 saturated heterocycles. The molecule has 1 aromatic carbocycles. The molecule has 3 rings (SSSR count). The first-order valence-electron chi connectivity index (χ1n) is 7.50. The van der Waals surface area contributed by atoms with E-state index < -0.39 is 18.9 Å². The van der Waals surface area contributed by atoms with Crippen molar-refractivity contribution < 1.29 is 13.6 Å². The summed E-state index contributed by atoms with van der Waals surface area (Å²) in [7, 11) is 0. The van der Waals surface area contributed by atoms with Gasteiger partial charge in [0.05, 0.1) is 19.6 Å². The van der Waals surface area contributed by atoms with E-state index in [4.69, 9.17) is 0 Å². The topological polar surface area (TPSA) is 97.6 Å². The first-order valence-corrected chi connectivity index (χ1v) is 7.50. The van der Waals surface area contributed by atoms with Crippen LogP contribution in [-0.4, -0.2) is 50.4 Å². The van der Waals surface area contributed by atoms with E-state index in [0.717, 1.165) is 5.56 Å². The zero-order valence-corrected chi connectivity index (χ0v) is 13.1. The van der Waals surface area contributed by atoms with Crippen LogP contribution in [0, 0.1) is 0 Å². The van der Waals surface area contributed by atoms with Crippen molar-refractivity contribution in [3.8, 4) is 0 Å². The smallest absolute Gasteiger partial charge is 0.255 e. The summed E-state index contributed by atoms with van der Waals surface area (Å²) in [6, 6.07) is 9.69. The third-order valence-electron chi connectivity index (χ3n) is 3.35. The van der Waals surface area contributed by atoms with Crippen LogP contribution in [0.5, 0.6) is 0 Å². The van der Waals surface area contributed by atoms with Crippen LogP contribution in [0.15, 0.2) is 36.7 Å². The normalized spacial score (nSPS) is 11.0. The Kier molecular flexibility index (Phi) is 5.07. The van der Waals surface area contributed by atoms with Crippen molar-refractivity contribution in [2.45, 2.75) is 13.0 Å². The Morgan fingerprint density at radius 3 is 2.76 bits per heavy atom. The molecule has 0 unspecified atom stereocenters. The van der Waals surface area contributed by atoms with Crippen LogP contribution in [0.3, 0.4) is 0 Å². The Morgan fingerprint density at radius 2 is 2.00 bits per heavy atom. The van der Waals surface area contributed by atoms with Gasteiger partial charge in [-0.05, 0) is 5.56 Å². The molecule has 2 N–H and O–H groups in total. The van der Waals surface area contributed by atoms with Gasteiger partial charge >= 0.3 is 0 Å². The Morgan fingerprint density at radius 1 is 1.20 bits per heavy atom. The Bertz CT molecular complexity index is 853. The summed E-state index contributed by atoms with van der Waals surface area (Å²) in [5.74, 6) is -0.250. The summed E-state index contributed by atoms with van der Waals surface area (Å²) in [6.07, 6.45) is -1.26. The first-order chi connectivity index (χ1) is 12.1. The minimum Gasteiger partial charge on any atom is -0.359 e. The fourth-order valence-corrected chi connectivity index (χ4v) is 2.20. The fraction of sp³-hybridized carbons (Fsp3) is 0.267. The average Bonchev–Trinajstić information content (AvgIpc) is 3.02. The molecule has 2 aromatic heterocycles. The molecule has 0 fully saturated rings. The largest absolute Gasteiger partial charge is 0.359 e. The van der Waals surface area contributed by atoms with E-state index in [9.17, 15) is 13.6 Å². The van der Waals surface area contributed by atoms with Crippen molar-refractivity contribution in [2.75, 3.05) is 18.4 Å². The van der Waals surface area contributed by atoms with Crippen molar-refractivity contribution in [3.63, 3.8) is 0 Å². The lowest BCUT2D eigenvalue weighted by Gasteiger charge is -2.07. The van der Waals surface area contributed by atoms with Gasteiger partial charge in [0.2, 0.25) is 5.91 Å². The Hall–Kier alpha value is -3.17. The lowest BCUT2D eigenvalue weighted by molar-refractivity contribution is -0.120. The van der Waals surface area contributed by atoms with Gasteiger partial charge in [-0.15, -0.1) is 5.10 Å². The molecule has 0 bridgehead atoms. The van der Waals surface area contributed by atoms with E-state index in [-0.39, 0.29) is 6.54 Å². The molecule has 0 aliphatic heterocycles. The summed E-state index contributed by atoms with van der Waals surface area (Å²) < 4.78 is 25.8. The Balaban J connectivity index is 1.71. The molecule has 0 radical (unpaired) electrons. The SMILES string of the molecule is O=C(CNc1ncnc2c1nnn2Cc1ccccc1)NCC(F)F. The minimum atomic E-state index is -2.59. The van der Waals surface area contributed by atoms with Crippen LogP contribution in [-0.2, 0) is 11.3 Å². The third kappa shape index (κ3) is 4.22. The lowest BCUT2D eigenvalue weighted by Crippen LogP contribution is -2.33. The fourth-order valence-electron chi connectivity index (χ4n) is 2.20. The zero-order valence-electron chi connectivity index (χ0n) is 13.1. The molecule has 0 aliphatic carbocycles. The number of amides is 1. The quantitative estimate of drug-likeness (QED) is 0.663. The van der Waals surface area contributed by atoms with E-state index in [1.54, 1.807) is 4.68 Å². The predicted octanol–water partition coefficient (Wildman–Crippen LogP) is 1.06. The van der Waals surface area contributed by atoms with Crippen molar-refractivity contribution >= 4 is 22.9 Å². The van der Waals surface area contributed by atoms with Crippen molar-refractivity contribution in [3.05, 3.63) is 42.2 Å². The minimum absolute atomic E-state index is 0.204. The summed E-state index contributed by atoms with van der Waals surface area (Å²) >= 11 is 0. The Labute approximate surface area is 141 Å². The number of fused-ring (bicyclic) bond motifs is 1. The van der Waals surface area contributed by atoms with Crippen LogP contribution < -0.4 is 10.6 Å². The predicted molar refractivity (Wildman–Crippen MR) is 86.2 cm³/mol. The molecule has 1 amide bonds. The number of hydrogen-bond acceptors (Lipinski definition) is 6. The van der Waals surface area contributed by atoms with E-state index in [1.807, 2.05) is 30.3 Å². The van der Waals surface area contributed by atoms with Crippen molar-refractivity contribution in [2.24, 2.45) is 0 Å². The molecule has 10 heteroatoms. The molecular weight excluding hydrogens is 332 g/mol. The second-order valence-electron chi connectivity index (χ2n) is 5.18. The monoisotopic (exact) mass is 347 g/mol. The molecule has 0 atom stereocenters. The highest BCUT2D eigenvalue weighted by molar-refractivity contribution is 5.86. The third-order valence-corrected chi connectivity index (χ3v) is 3.35. The van der Waals surface area contributed by atoms with E-state index in [2.05, 4.69) is 30.9 Å². The summed E-state index contributed by atoms with van der Waals surface area (Å²) in [5.41, 5.74) is 1.95. The number of rotatable bonds is 7. The van der Waals surface area contributed by atoms with E-state index >= 15 is 0 Å². The maximum atomic E-state index is 12.1. The maximum Gasteiger partial charge on any atom is 0.255 e. The lowest BCUT2D eigenvalue weighted by atomic mass is 10.2. The molecule has 0 aliphatic rings. The molecule has 8 nitrogen and oxygen atoms in total. The zero-order chi connectivity index (χ0) is 17.6. The molecule has 130 valence electrons. The van der Waals surface area contributed by atoms with Gasteiger partial charge in [0.15, 0.2) is 17.0 Å². The number of nitrogens with one attached hydrogen (secondary N) is 2.